The van der Waals surface area contributed by atoms with Crippen LogP contribution in [0.15, 0.2) is 24.3 Å². The van der Waals surface area contributed by atoms with Crippen LogP contribution in [0, 0.1) is 5.92 Å². The highest BCUT2D eigenvalue weighted by Crippen LogP contribution is 2.22. The zero-order valence-corrected chi connectivity index (χ0v) is 10.4. The van der Waals surface area contributed by atoms with E-state index in [4.69, 9.17) is 5.73 Å². The molecule has 0 aliphatic carbocycles. The third-order valence-corrected chi connectivity index (χ3v) is 2.38. The van der Waals surface area contributed by atoms with Crippen molar-refractivity contribution in [1.82, 2.24) is 0 Å². The molecule has 1 aromatic rings. The summed E-state index contributed by atoms with van der Waals surface area (Å²) in [6.07, 6.45) is 0.100. The summed E-state index contributed by atoms with van der Waals surface area (Å²) in [7, 11) is 0. The first-order valence-electron chi connectivity index (χ1n) is 5.23. The number of benzene rings is 1. The van der Waals surface area contributed by atoms with Gasteiger partial charge in [0.15, 0.2) is 0 Å². The fourth-order valence-electron chi connectivity index (χ4n) is 1.58. The van der Waals surface area contributed by atoms with E-state index in [9.17, 15) is 10.2 Å². The maximum atomic E-state index is 9.83. The van der Waals surface area contributed by atoms with Crippen LogP contribution in [0.4, 0.5) is 0 Å². The van der Waals surface area contributed by atoms with Crippen LogP contribution in [0.2, 0.25) is 0 Å². The molecule has 1 rings (SSSR count). The Labute approximate surface area is 103 Å². The summed E-state index contributed by atoms with van der Waals surface area (Å²) >= 11 is 0. The van der Waals surface area contributed by atoms with Crippen molar-refractivity contribution in [1.29, 1.82) is 0 Å². The van der Waals surface area contributed by atoms with Crippen LogP contribution in [0.1, 0.15) is 31.9 Å². The second-order valence-electron chi connectivity index (χ2n) is 4.32. The van der Waals surface area contributed by atoms with Gasteiger partial charge in [-0.15, -0.1) is 12.4 Å². The maximum Gasteiger partial charge on any atom is 0.115 e. The van der Waals surface area contributed by atoms with E-state index >= 15 is 0 Å². The van der Waals surface area contributed by atoms with Crippen LogP contribution in [0.5, 0.6) is 5.75 Å². The van der Waals surface area contributed by atoms with E-state index in [-0.39, 0.29) is 18.2 Å². The molecule has 92 valence electrons. The summed E-state index contributed by atoms with van der Waals surface area (Å²) in [5, 5.41) is 19.1. The summed E-state index contributed by atoms with van der Waals surface area (Å²) in [5.41, 5.74) is 6.66. The van der Waals surface area contributed by atoms with Crippen LogP contribution < -0.4 is 5.73 Å². The summed E-state index contributed by atoms with van der Waals surface area (Å²) < 4.78 is 0. The van der Waals surface area contributed by atoms with Crippen molar-refractivity contribution in [2.45, 2.75) is 32.4 Å². The van der Waals surface area contributed by atoms with E-state index < -0.39 is 12.1 Å². The Morgan fingerprint density at radius 3 is 2.44 bits per heavy atom. The number of halogens is 1. The minimum Gasteiger partial charge on any atom is -0.508 e. The van der Waals surface area contributed by atoms with Crippen molar-refractivity contribution in [3.63, 3.8) is 0 Å². The van der Waals surface area contributed by atoms with Crippen molar-refractivity contribution in [3.8, 4) is 5.75 Å². The summed E-state index contributed by atoms with van der Waals surface area (Å²) in [4.78, 5) is 0. The molecule has 16 heavy (non-hydrogen) atoms. The topological polar surface area (TPSA) is 66.5 Å². The van der Waals surface area contributed by atoms with Crippen LogP contribution in [0.25, 0.3) is 0 Å². The van der Waals surface area contributed by atoms with Gasteiger partial charge in [-0.05, 0) is 30.0 Å². The van der Waals surface area contributed by atoms with E-state index in [2.05, 4.69) is 0 Å². The van der Waals surface area contributed by atoms with Crippen molar-refractivity contribution >= 4 is 12.4 Å². The Morgan fingerprint density at radius 1 is 1.31 bits per heavy atom. The number of phenols is 1. The predicted octanol–water partition coefficient (Wildman–Crippen LogP) is 2.22. The van der Waals surface area contributed by atoms with Gasteiger partial charge in [-0.2, -0.15) is 0 Å². The van der Waals surface area contributed by atoms with Crippen LogP contribution in [0.3, 0.4) is 0 Å². The summed E-state index contributed by atoms with van der Waals surface area (Å²) in [6.45, 7) is 4.08. The first-order chi connectivity index (χ1) is 7.00. The minimum atomic E-state index is -0.563. The Balaban J connectivity index is 0.00000225. The van der Waals surface area contributed by atoms with Crippen LogP contribution in [-0.4, -0.2) is 16.3 Å². The second kappa shape index (κ2) is 6.74. The van der Waals surface area contributed by atoms with Crippen molar-refractivity contribution in [2.24, 2.45) is 11.7 Å². The fourth-order valence-corrected chi connectivity index (χ4v) is 1.58. The number of aliphatic hydroxyl groups excluding tert-OH is 1. The molecule has 0 radical (unpaired) electrons. The third-order valence-electron chi connectivity index (χ3n) is 2.38. The Hall–Kier alpha value is -0.770. The molecule has 4 N–H and O–H groups in total. The number of aromatic hydroxyl groups is 1. The quantitative estimate of drug-likeness (QED) is 0.762. The summed E-state index contributed by atoms with van der Waals surface area (Å²) in [6, 6.07) is 6.29. The number of phenolic OH excluding ortho intramolecular Hbond substituents is 1. The molecule has 0 saturated heterocycles. The average Bonchev–Trinajstić information content (AvgIpc) is 2.15. The third kappa shape index (κ3) is 4.39. The highest BCUT2D eigenvalue weighted by molar-refractivity contribution is 5.85. The lowest BCUT2D eigenvalue weighted by Gasteiger charge is -2.20. The van der Waals surface area contributed by atoms with Crippen molar-refractivity contribution in [3.05, 3.63) is 29.8 Å². The predicted molar refractivity (Wildman–Crippen MR) is 67.7 cm³/mol. The molecule has 4 heteroatoms. The smallest absolute Gasteiger partial charge is 0.115 e. The van der Waals surface area contributed by atoms with Gasteiger partial charge in [-0.25, -0.2) is 0 Å². The summed E-state index contributed by atoms with van der Waals surface area (Å²) in [5.74, 6) is 0.586. The van der Waals surface area contributed by atoms with Crippen LogP contribution >= 0.6 is 12.4 Å². The van der Waals surface area contributed by atoms with E-state index in [0.29, 0.717) is 12.3 Å². The standard InChI is InChI=1S/C12H19NO2.ClH/c1-8(2)6-11(15)12(13)9-4-3-5-10(14)7-9;/h3-5,7-8,11-12,14-15H,6,13H2,1-2H3;1H/t11-,12+;/m0./s1. The van der Waals surface area contributed by atoms with E-state index in [0.717, 1.165) is 5.56 Å². The molecule has 0 saturated carbocycles. The Kier molecular flexibility index (Phi) is 6.41. The van der Waals surface area contributed by atoms with Crippen LogP contribution in [-0.2, 0) is 0 Å². The van der Waals surface area contributed by atoms with E-state index in [1.807, 2.05) is 19.9 Å². The average molecular weight is 246 g/mol. The zero-order chi connectivity index (χ0) is 11.4. The second-order valence-corrected chi connectivity index (χ2v) is 4.32. The number of rotatable bonds is 4. The molecule has 0 bridgehead atoms. The van der Waals surface area contributed by atoms with Gasteiger partial charge in [0.05, 0.1) is 12.1 Å². The molecular weight excluding hydrogens is 226 g/mol. The molecular formula is C12H20ClNO2. The highest BCUT2D eigenvalue weighted by Gasteiger charge is 2.17. The molecule has 0 heterocycles. The zero-order valence-electron chi connectivity index (χ0n) is 9.63. The number of nitrogens with two attached hydrogens (primary N) is 1. The molecule has 0 amide bonds. The van der Waals surface area contributed by atoms with Gasteiger partial charge in [0, 0.05) is 0 Å². The SMILES string of the molecule is CC(C)C[C@H](O)[C@H](N)c1cccc(O)c1.Cl. The minimum absolute atomic E-state index is 0. The van der Waals surface area contributed by atoms with Gasteiger partial charge < -0.3 is 15.9 Å². The molecule has 3 nitrogen and oxygen atoms in total. The van der Waals surface area contributed by atoms with Gasteiger partial charge in [-0.1, -0.05) is 26.0 Å². The maximum absolute atomic E-state index is 9.83. The molecule has 0 fully saturated rings. The number of hydrogen-bond donors (Lipinski definition) is 3. The van der Waals surface area contributed by atoms with E-state index in [1.54, 1.807) is 18.2 Å². The first-order valence-corrected chi connectivity index (χ1v) is 5.23. The fraction of sp³-hybridized carbons (Fsp3) is 0.500. The highest BCUT2D eigenvalue weighted by atomic mass is 35.5. The Morgan fingerprint density at radius 2 is 1.94 bits per heavy atom. The first kappa shape index (κ1) is 15.2. The van der Waals surface area contributed by atoms with Gasteiger partial charge >= 0.3 is 0 Å². The van der Waals surface area contributed by atoms with Gasteiger partial charge in [0.1, 0.15) is 5.75 Å². The molecule has 2 atom stereocenters. The number of hydrogen-bond acceptors (Lipinski definition) is 3. The van der Waals surface area contributed by atoms with Gasteiger partial charge in [0.25, 0.3) is 0 Å². The van der Waals surface area contributed by atoms with Gasteiger partial charge in [-0.3, -0.25) is 0 Å². The molecule has 0 aliphatic rings. The number of aliphatic hydroxyl groups is 1. The molecule has 0 unspecified atom stereocenters. The lowest BCUT2D eigenvalue weighted by molar-refractivity contribution is 0.121. The lowest BCUT2D eigenvalue weighted by Crippen LogP contribution is -2.27. The molecule has 0 aromatic heterocycles. The van der Waals surface area contributed by atoms with Crippen molar-refractivity contribution in [2.75, 3.05) is 0 Å². The van der Waals surface area contributed by atoms with Crippen molar-refractivity contribution < 1.29 is 10.2 Å². The lowest BCUT2D eigenvalue weighted by atomic mass is 9.95. The monoisotopic (exact) mass is 245 g/mol. The van der Waals surface area contributed by atoms with E-state index in [1.165, 1.54) is 0 Å². The normalized spacial score (nSPS) is 14.3. The molecule has 0 aliphatic heterocycles. The molecule has 0 spiro atoms. The Bertz CT molecular complexity index is 318. The van der Waals surface area contributed by atoms with Gasteiger partial charge in [0.2, 0.25) is 0 Å². The largest absolute Gasteiger partial charge is 0.508 e. The molecule has 1 aromatic carbocycles.